The number of ether oxygens (including phenoxy) is 1. The molecule has 8 heteroatoms. The molecule has 0 aliphatic rings. The van der Waals surface area contributed by atoms with Crippen molar-refractivity contribution in [2.75, 3.05) is 17.2 Å². The predicted molar refractivity (Wildman–Crippen MR) is 134 cm³/mol. The third kappa shape index (κ3) is 5.65. The van der Waals surface area contributed by atoms with Gasteiger partial charge in [-0.2, -0.15) is 4.98 Å². The van der Waals surface area contributed by atoms with Crippen LogP contribution in [-0.4, -0.2) is 37.6 Å². The van der Waals surface area contributed by atoms with E-state index in [-0.39, 0.29) is 21.4 Å². The summed E-state index contributed by atoms with van der Waals surface area (Å²) in [6, 6.07) is 17.8. The maximum absolute atomic E-state index is 12.0. The molecular weight excluding hydrogens is 416 g/mol. The van der Waals surface area contributed by atoms with E-state index in [1.54, 1.807) is 12.5 Å². The second kappa shape index (κ2) is 9.28. The third-order valence-electron chi connectivity index (χ3n) is 4.94. The Kier molecular flexibility index (Phi) is 6.26. The van der Waals surface area contributed by atoms with Gasteiger partial charge in [-0.25, -0.2) is 9.97 Å². The average molecular weight is 449 g/mol. The smallest absolute Gasteiger partial charge is 0.325 e. The van der Waals surface area contributed by atoms with Crippen LogP contribution in [0.4, 0.5) is 11.6 Å². The standard InChI is InChI=1S/C25H28N6O2.2H2/c1-17(18-8-6-5-7-9-18)29-24-26-13-12-22(30-24)31-16-28-20-14-19(10-11-21(20)31)27-15-23(32)33-25(2,3)4;;/h5-14,16-17,27H,15H2,1-4H3,(H,26,29,30);2*1H/t17-;;/m0../s1. The normalized spacial score (nSPS) is 12.4. The van der Waals surface area contributed by atoms with Crippen LogP contribution in [0.15, 0.2) is 67.1 Å². The SMILES string of the molecule is C[C@H](Nc1nccc(-n2cnc3cc(NCC(=O)OC(C)(C)C)ccc32)n1)c1ccccc1.[HH].[HH]. The molecule has 0 aliphatic carbocycles. The summed E-state index contributed by atoms with van der Waals surface area (Å²) < 4.78 is 7.24. The highest BCUT2D eigenvalue weighted by Gasteiger charge is 2.16. The van der Waals surface area contributed by atoms with Gasteiger partial charge in [-0.3, -0.25) is 9.36 Å². The highest BCUT2D eigenvalue weighted by Crippen LogP contribution is 2.22. The molecule has 2 aromatic carbocycles. The molecule has 33 heavy (non-hydrogen) atoms. The van der Waals surface area contributed by atoms with Crippen molar-refractivity contribution in [1.82, 2.24) is 19.5 Å². The van der Waals surface area contributed by atoms with Crippen molar-refractivity contribution in [1.29, 1.82) is 0 Å². The lowest BCUT2D eigenvalue weighted by molar-refractivity contribution is -0.152. The Morgan fingerprint density at radius 2 is 1.91 bits per heavy atom. The Labute approximate surface area is 196 Å². The number of rotatable bonds is 7. The molecule has 0 aliphatic heterocycles. The van der Waals surface area contributed by atoms with Crippen molar-refractivity contribution in [3.8, 4) is 5.82 Å². The molecule has 2 N–H and O–H groups in total. The number of fused-ring (bicyclic) bond motifs is 1. The quantitative estimate of drug-likeness (QED) is 0.374. The number of esters is 1. The predicted octanol–water partition coefficient (Wildman–Crippen LogP) is 5.23. The van der Waals surface area contributed by atoms with E-state index >= 15 is 0 Å². The van der Waals surface area contributed by atoms with Crippen LogP contribution >= 0.6 is 0 Å². The Balaban J connectivity index is 0.00000216. The number of carbonyl (C=O) groups is 1. The van der Waals surface area contributed by atoms with Crippen molar-refractivity contribution < 1.29 is 12.4 Å². The number of carbonyl (C=O) groups excluding carboxylic acids is 1. The second-order valence-electron chi connectivity index (χ2n) is 8.77. The Morgan fingerprint density at radius 1 is 1.12 bits per heavy atom. The van der Waals surface area contributed by atoms with Crippen LogP contribution in [0, 0.1) is 0 Å². The van der Waals surface area contributed by atoms with Gasteiger partial charge in [0.15, 0.2) is 0 Å². The van der Waals surface area contributed by atoms with Crippen LogP contribution in [0.5, 0.6) is 0 Å². The molecule has 0 amide bonds. The highest BCUT2D eigenvalue weighted by molar-refractivity contribution is 5.82. The molecule has 0 bridgehead atoms. The second-order valence-corrected chi connectivity index (χ2v) is 8.77. The summed E-state index contributed by atoms with van der Waals surface area (Å²) >= 11 is 0. The first-order chi connectivity index (χ1) is 15.8. The molecule has 0 saturated carbocycles. The number of aromatic nitrogens is 4. The van der Waals surface area contributed by atoms with Gasteiger partial charge in [0.1, 0.15) is 24.3 Å². The van der Waals surface area contributed by atoms with E-state index in [9.17, 15) is 4.79 Å². The van der Waals surface area contributed by atoms with Crippen LogP contribution in [0.25, 0.3) is 16.9 Å². The number of hydrogen-bond donors (Lipinski definition) is 2. The van der Waals surface area contributed by atoms with E-state index in [1.807, 2.05) is 67.8 Å². The van der Waals surface area contributed by atoms with Crippen molar-refractivity contribution in [2.45, 2.75) is 39.3 Å². The first-order valence-electron chi connectivity index (χ1n) is 10.9. The summed E-state index contributed by atoms with van der Waals surface area (Å²) in [6.07, 6.45) is 3.46. The monoisotopic (exact) mass is 448 g/mol. The van der Waals surface area contributed by atoms with Crippen LogP contribution in [0.3, 0.4) is 0 Å². The number of nitrogens with one attached hydrogen (secondary N) is 2. The Morgan fingerprint density at radius 3 is 2.67 bits per heavy atom. The molecule has 2 aromatic heterocycles. The fraction of sp³-hybridized carbons (Fsp3) is 0.280. The first-order valence-corrected chi connectivity index (χ1v) is 10.9. The number of benzene rings is 2. The summed E-state index contributed by atoms with van der Waals surface area (Å²) in [5, 5.41) is 6.45. The molecule has 4 aromatic rings. The lowest BCUT2D eigenvalue weighted by Gasteiger charge is -2.19. The fourth-order valence-corrected chi connectivity index (χ4v) is 3.43. The van der Waals surface area contributed by atoms with Gasteiger partial charge in [0, 0.05) is 14.7 Å². The largest absolute Gasteiger partial charge is 0.459 e. The van der Waals surface area contributed by atoms with Crippen LogP contribution < -0.4 is 10.6 Å². The van der Waals surface area contributed by atoms with E-state index in [0.29, 0.717) is 11.8 Å². The summed E-state index contributed by atoms with van der Waals surface area (Å²) in [7, 11) is 0. The maximum atomic E-state index is 12.0. The molecule has 0 fully saturated rings. The zero-order valence-electron chi connectivity index (χ0n) is 19.2. The van der Waals surface area contributed by atoms with E-state index < -0.39 is 5.60 Å². The zero-order valence-corrected chi connectivity index (χ0v) is 19.2. The van der Waals surface area contributed by atoms with E-state index in [0.717, 1.165) is 22.3 Å². The van der Waals surface area contributed by atoms with Gasteiger partial charge in [0.05, 0.1) is 17.1 Å². The van der Waals surface area contributed by atoms with Crippen LogP contribution in [0.2, 0.25) is 0 Å². The van der Waals surface area contributed by atoms with Crippen molar-refractivity contribution >= 4 is 28.6 Å². The Bertz CT molecular complexity index is 1260. The number of anilines is 2. The molecule has 0 saturated heterocycles. The third-order valence-corrected chi connectivity index (χ3v) is 4.94. The number of hydrogen-bond acceptors (Lipinski definition) is 7. The minimum Gasteiger partial charge on any atom is -0.459 e. The molecule has 0 spiro atoms. The first kappa shape index (κ1) is 22.3. The topological polar surface area (TPSA) is 94.0 Å². The molecule has 0 radical (unpaired) electrons. The van der Waals surface area contributed by atoms with Gasteiger partial charge in [-0.05, 0) is 57.5 Å². The maximum Gasteiger partial charge on any atom is 0.325 e. The lowest BCUT2D eigenvalue weighted by Crippen LogP contribution is -2.28. The molecule has 0 unspecified atom stereocenters. The van der Waals surface area contributed by atoms with Gasteiger partial charge in [0.25, 0.3) is 0 Å². The molecule has 4 rings (SSSR count). The van der Waals surface area contributed by atoms with Crippen molar-refractivity contribution in [2.24, 2.45) is 0 Å². The molecule has 1 atom stereocenters. The van der Waals surface area contributed by atoms with Gasteiger partial charge >= 0.3 is 5.97 Å². The summed E-state index contributed by atoms with van der Waals surface area (Å²) in [5.74, 6) is 0.949. The molecule has 8 nitrogen and oxygen atoms in total. The van der Waals surface area contributed by atoms with E-state index in [4.69, 9.17) is 4.74 Å². The van der Waals surface area contributed by atoms with Crippen molar-refractivity contribution in [3.63, 3.8) is 0 Å². The molecule has 174 valence electrons. The molecular formula is C25H32N6O2. The lowest BCUT2D eigenvalue weighted by atomic mass is 10.1. The number of nitrogens with zero attached hydrogens (tertiary/aromatic N) is 4. The average Bonchev–Trinajstić information content (AvgIpc) is 3.21. The minimum atomic E-state index is -0.508. The van der Waals surface area contributed by atoms with E-state index in [2.05, 4.69) is 44.6 Å². The van der Waals surface area contributed by atoms with Gasteiger partial charge in [-0.1, -0.05) is 30.3 Å². The van der Waals surface area contributed by atoms with Crippen molar-refractivity contribution in [3.05, 3.63) is 72.7 Å². The van der Waals surface area contributed by atoms with Gasteiger partial charge < -0.3 is 15.4 Å². The highest BCUT2D eigenvalue weighted by atomic mass is 16.6. The Hall–Kier alpha value is -3.94. The van der Waals surface area contributed by atoms with Crippen LogP contribution in [-0.2, 0) is 9.53 Å². The van der Waals surface area contributed by atoms with Gasteiger partial charge in [0.2, 0.25) is 5.95 Å². The van der Waals surface area contributed by atoms with Crippen LogP contribution in [0.1, 0.15) is 42.2 Å². The molecule has 2 heterocycles. The fourth-order valence-electron chi connectivity index (χ4n) is 3.43. The summed E-state index contributed by atoms with van der Waals surface area (Å²) in [5.41, 5.74) is 3.13. The number of imidazole rings is 1. The van der Waals surface area contributed by atoms with Gasteiger partial charge in [-0.15, -0.1) is 0 Å². The zero-order chi connectivity index (χ0) is 23.4. The van der Waals surface area contributed by atoms with E-state index in [1.165, 1.54) is 0 Å². The summed E-state index contributed by atoms with van der Waals surface area (Å²) in [6.45, 7) is 7.70. The summed E-state index contributed by atoms with van der Waals surface area (Å²) in [4.78, 5) is 25.5. The minimum absolute atomic E-state index is 0.